The number of nitrogens with zero attached hydrogens (tertiary/aromatic N) is 1. The number of carbonyl (C=O) groups is 2. The van der Waals surface area contributed by atoms with E-state index >= 15 is 0 Å². The fourth-order valence-electron chi connectivity index (χ4n) is 3.51. The van der Waals surface area contributed by atoms with Gasteiger partial charge in [0, 0.05) is 37.0 Å². The van der Waals surface area contributed by atoms with Crippen molar-refractivity contribution in [3.05, 3.63) is 59.7 Å². The summed E-state index contributed by atoms with van der Waals surface area (Å²) in [5.41, 5.74) is 1.13. The Morgan fingerprint density at radius 1 is 1.08 bits per heavy atom. The summed E-state index contributed by atoms with van der Waals surface area (Å²) in [6, 6.07) is 15.4. The van der Waals surface area contributed by atoms with Crippen LogP contribution in [0, 0.1) is 5.92 Å². The maximum atomic E-state index is 12.5. The zero-order chi connectivity index (χ0) is 18.7. The summed E-state index contributed by atoms with van der Waals surface area (Å²) in [7, 11) is 0. The lowest BCUT2D eigenvalue weighted by Gasteiger charge is -2.24. The maximum absolute atomic E-state index is 12.5. The molecule has 1 fully saturated rings. The number of nitrogens with one attached hydrogen (secondary N) is 1. The molecule has 2 atom stereocenters. The van der Waals surface area contributed by atoms with Crippen molar-refractivity contribution in [2.45, 2.75) is 32.3 Å². The summed E-state index contributed by atoms with van der Waals surface area (Å²) in [6.45, 7) is 7.32. The third-order valence-electron chi connectivity index (χ3n) is 4.67. The second-order valence-corrected chi connectivity index (χ2v) is 7.82. The van der Waals surface area contributed by atoms with Crippen molar-refractivity contribution in [2.75, 3.05) is 19.6 Å². The van der Waals surface area contributed by atoms with Crippen LogP contribution >= 0.6 is 0 Å². The van der Waals surface area contributed by atoms with Crippen LogP contribution in [0.2, 0.25) is 0 Å². The highest BCUT2D eigenvalue weighted by Gasteiger charge is 2.40. The van der Waals surface area contributed by atoms with E-state index in [1.54, 1.807) is 4.90 Å². The van der Waals surface area contributed by atoms with Gasteiger partial charge in [0.15, 0.2) is 0 Å². The average molecular weight is 354 g/mol. The molecule has 138 valence electrons. The molecule has 1 aromatic carbocycles. The van der Waals surface area contributed by atoms with E-state index in [1.165, 1.54) is 0 Å². The molecule has 0 radical (unpaired) electrons. The number of hydrogen-bond donors (Lipinski definition) is 1. The minimum atomic E-state index is -0.517. The molecule has 2 heterocycles. The van der Waals surface area contributed by atoms with E-state index < -0.39 is 5.60 Å². The second-order valence-electron chi connectivity index (χ2n) is 7.82. The van der Waals surface area contributed by atoms with Gasteiger partial charge in [-0.15, -0.1) is 0 Å². The first-order valence-corrected chi connectivity index (χ1v) is 9.03. The van der Waals surface area contributed by atoms with Gasteiger partial charge in [-0.25, -0.2) is 4.79 Å². The van der Waals surface area contributed by atoms with Gasteiger partial charge in [-0.3, -0.25) is 4.79 Å². The number of fused-ring (bicyclic) bond motifs is 3. The van der Waals surface area contributed by atoms with Gasteiger partial charge in [0.05, 0.1) is 0 Å². The Labute approximate surface area is 154 Å². The van der Waals surface area contributed by atoms with Crippen LogP contribution in [0.25, 0.3) is 0 Å². The van der Waals surface area contributed by atoms with Crippen molar-refractivity contribution in [2.24, 2.45) is 5.92 Å². The van der Waals surface area contributed by atoms with Crippen molar-refractivity contribution >= 4 is 12.0 Å². The Balaban J connectivity index is 1.96. The Morgan fingerprint density at radius 2 is 1.73 bits per heavy atom. The summed E-state index contributed by atoms with van der Waals surface area (Å²) in [5.74, 6) is 0.228. The topological polar surface area (TPSA) is 58.6 Å². The highest BCUT2D eigenvalue weighted by molar-refractivity contribution is 5.96. The standard InChI is InChI=1S/C21H26N2O3/c1-21(2,3)26-20(25)23-13-15-12-22-19(24)17-11-9-7-5-4-6-8-10-16(17)18(15)14-23/h4-11,15,18H,12-14H2,1-3H3,(H,22,24). The van der Waals surface area contributed by atoms with E-state index in [4.69, 9.17) is 4.74 Å². The van der Waals surface area contributed by atoms with Gasteiger partial charge in [-0.1, -0.05) is 42.5 Å². The van der Waals surface area contributed by atoms with E-state index in [0.29, 0.717) is 25.2 Å². The summed E-state index contributed by atoms with van der Waals surface area (Å²) < 4.78 is 5.53. The quantitative estimate of drug-likeness (QED) is 0.776. The molecular formula is C21H26N2O3. The monoisotopic (exact) mass is 354 g/mol. The molecule has 5 heteroatoms. The third kappa shape index (κ3) is 4.15. The SMILES string of the molecule is CC(C)(C)OC(=O)N1CC2CNC(=O)c3ccccccccc3C2C1. The Hall–Kier alpha value is -2.56. The molecule has 2 aliphatic heterocycles. The van der Waals surface area contributed by atoms with E-state index in [-0.39, 0.29) is 23.8 Å². The largest absolute Gasteiger partial charge is 0.444 e. The van der Waals surface area contributed by atoms with Gasteiger partial charge in [0.2, 0.25) is 0 Å². The summed E-state index contributed by atoms with van der Waals surface area (Å²) >= 11 is 0. The first-order valence-electron chi connectivity index (χ1n) is 9.03. The van der Waals surface area contributed by atoms with Crippen molar-refractivity contribution < 1.29 is 14.3 Å². The van der Waals surface area contributed by atoms with E-state index in [1.807, 2.05) is 69.3 Å². The molecule has 0 aliphatic carbocycles. The number of rotatable bonds is 0. The Kier molecular flexibility index (Phi) is 5.16. The molecule has 2 amide bonds. The van der Waals surface area contributed by atoms with Crippen LogP contribution in [0.3, 0.4) is 0 Å². The number of hydrogen-bond acceptors (Lipinski definition) is 3. The minimum absolute atomic E-state index is 0.0583. The van der Waals surface area contributed by atoms with Gasteiger partial charge < -0.3 is 15.0 Å². The second kappa shape index (κ2) is 7.36. The van der Waals surface area contributed by atoms with Gasteiger partial charge >= 0.3 is 6.09 Å². The van der Waals surface area contributed by atoms with Crippen molar-refractivity contribution in [3.8, 4) is 0 Å². The fourth-order valence-corrected chi connectivity index (χ4v) is 3.51. The van der Waals surface area contributed by atoms with Gasteiger partial charge in [-0.05, 0) is 32.4 Å². The molecule has 1 N–H and O–H groups in total. The zero-order valence-electron chi connectivity index (χ0n) is 15.6. The average Bonchev–Trinajstić information content (AvgIpc) is 2.94. The van der Waals surface area contributed by atoms with E-state index in [2.05, 4.69) is 5.32 Å². The lowest BCUT2D eigenvalue weighted by atomic mass is 9.88. The van der Waals surface area contributed by atoms with Crippen LogP contribution in [0.5, 0.6) is 0 Å². The molecule has 0 saturated carbocycles. The first-order chi connectivity index (χ1) is 12.3. The maximum Gasteiger partial charge on any atom is 0.410 e. The summed E-state index contributed by atoms with van der Waals surface area (Å²) in [6.07, 6.45) is -0.290. The van der Waals surface area contributed by atoms with Crippen molar-refractivity contribution in [1.29, 1.82) is 0 Å². The molecule has 0 spiro atoms. The number of carbonyl (C=O) groups excluding carboxylic acids is 2. The first kappa shape index (κ1) is 18.2. The molecule has 26 heavy (non-hydrogen) atoms. The number of ether oxygens (including phenoxy) is 1. The number of amides is 2. The van der Waals surface area contributed by atoms with Crippen LogP contribution in [0.4, 0.5) is 4.79 Å². The lowest BCUT2D eigenvalue weighted by molar-refractivity contribution is 0.0287. The van der Waals surface area contributed by atoms with Crippen LogP contribution in [0.1, 0.15) is 42.6 Å². The lowest BCUT2D eigenvalue weighted by Crippen LogP contribution is -2.36. The Morgan fingerprint density at radius 3 is 2.42 bits per heavy atom. The van der Waals surface area contributed by atoms with Crippen molar-refractivity contribution in [3.63, 3.8) is 0 Å². The van der Waals surface area contributed by atoms with Gasteiger partial charge in [0.25, 0.3) is 5.91 Å². The van der Waals surface area contributed by atoms with E-state index in [9.17, 15) is 9.59 Å². The molecule has 2 aliphatic rings. The van der Waals surface area contributed by atoms with Crippen molar-refractivity contribution in [1.82, 2.24) is 10.2 Å². The predicted molar refractivity (Wildman–Crippen MR) is 100 cm³/mol. The van der Waals surface area contributed by atoms with Crippen LogP contribution < -0.4 is 5.32 Å². The smallest absolute Gasteiger partial charge is 0.410 e. The molecule has 3 rings (SSSR count). The zero-order valence-corrected chi connectivity index (χ0v) is 15.6. The highest BCUT2D eigenvalue weighted by atomic mass is 16.6. The van der Waals surface area contributed by atoms with Crippen LogP contribution in [-0.2, 0) is 4.74 Å². The van der Waals surface area contributed by atoms with Gasteiger partial charge in [-0.2, -0.15) is 0 Å². The molecule has 2 unspecified atom stereocenters. The molecular weight excluding hydrogens is 328 g/mol. The molecule has 1 saturated heterocycles. The molecule has 1 aromatic rings. The minimum Gasteiger partial charge on any atom is -0.444 e. The number of likely N-dealkylation sites (tertiary alicyclic amines) is 1. The van der Waals surface area contributed by atoms with Gasteiger partial charge in [0.1, 0.15) is 5.60 Å². The summed E-state index contributed by atoms with van der Waals surface area (Å²) in [4.78, 5) is 26.8. The van der Waals surface area contributed by atoms with Crippen LogP contribution in [0.15, 0.2) is 48.5 Å². The summed E-state index contributed by atoms with van der Waals surface area (Å²) in [5, 5.41) is 3.00. The molecule has 0 aromatic heterocycles. The Bertz CT molecular complexity index is 753. The van der Waals surface area contributed by atoms with Crippen LogP contribution in [-0.4, -0.2) is 42.1 Å². The fraction of sp³-hybridized carbons (Fsp3) is 0.429. The van der Waals surface area contributed by atoms with E-state index in [0.717, 1.165) is 5.56 Å². The normalized spacial score (nSPS) is 21.7. The highest BCUT2D eigenvalue weighted by Crippen LogP contribution is 2.36. The molecule has 0 bridgehead atoms. The predicted octanol–water partition coefficient (Wildman–Crippen LogP) is 3.50. The third-order valence-corrected chi connectivity index (χ3v) is 4.67. The molecule has 5 nitrogen and oxygen atoms in total.